The van der Waals surface area contributed by atoms with Crippen molar-refractivity contribution in [2.45, 2.75) is 22.3 Å². The molecule has 0 aromatic heterocycles. The summed E-state index contributed by atoms with van der Waals surface area (Å²) in [6.45, 7) is -0.250. The van der Waals surface area contributed by atoms with Gasteiger partial charge in [-0.1, -0.05) is 26.7 Å². The van der Waals surface area contributed by atoms with Crippen molar-refractivity contribution in [3.8, 4) is 0 Å². The standard InChI is InChI=1S/CClNO3S.CH2O2.3CH4.ClH2NO2S/c2-7(5,6)3-1-4;2-1-3;;;;1-5(2,3)4/h;1H,(H,2,3);3*1H4;(H2,2,3,4). The second-order valence-corrected chi connectivity index (χ2v) is 5.59. The van der Waals surface area contributed by atoms with Crippen LogP contribution in [0.4, 0.5) is 0 Å². The van der Waals surface area contributed by atoms with Gasteiger partial charge in [-0.25, -0.2) is 9.93 Å². The van der Waals surface area contributed by atoms with E-state index in [1.807, 2.05) is 0 Å². The Morgan fingerprint density at radius 1 is 1.11 bits per heavy atom. The molecule has 0 aliphatic carbocycles. The van der Waals surface area contributed by atoms with E-state index in [-0.39, 0.29) is 28.8 Å². The largest absolute Gasteiger partial charge is 0.483 e. The van der Waals surface area contributed by atoms with Crippen LogP contribution in [-0.4, -0.2) is 34.5 Å². The Hall–Kier alpha value is -0.710. The second-order valence-electron chi connectivity index (χ2n) is 1.18. The Kier molecular flexibility index (Phi) is 37.3. The fraction of sp³-hybridized carbons (Fsp3) is 0.600. The van der Waals surface area contributed by atoms with Gasteiger partial charge in [0.1, 0.15) is 0 Å². The van der Waals surface area contributed by atoms with Crippen LogP contribution in [0.5, 0.6) is 0 Å². The maximum atomic E-state index is 9.57. The maximum absolute atomic E-state index is 9.57. The van der Waals surface area contributed by atoms with Crippen molar-refractivity contribution in [2.24, 2.45) is 9.54 Å². The van der Waals surface area contributed by atoms with Crippen LogP contribution in [0.2, 0.25) is 0 Å². The molecule has 13 heteroatoms. The highest BCUT2D eigenvalue weighted by Gasteiger charge is 1.95. The van der Waals surface area contributed by atoms with Gasteiger partial charge in [0, 0.05) is 21.4 Å². The van der Waals surface area contributed by atoms with E-state index in [1.165, 1.54) is 0 Å². The van der Waals surface area contributed by atoms with Crippen LogP contribution >= 0.6 is 21.4 Å². The number of rotatable bonds is 1. The molecule has 9 nitrogen and oxygen atoms in total. The first kappa shape index (κ1) is 36.0. The normalized spacial score (nSPS) is 7.72. The first-order valence-corrected chi connectivity index (χ1v) is 6.95. The highest BCUT2D eigenvalue weighted by Crippen LogP contribution is 1.93. The van der Waals surface area contributed by atoms with Crippen molar-refractivity contribution in [3.63, 3.8) is 0 Å². The van der Waals surface area contributed by atoms with E-state index in [1.54, 1.807) is 0 Å². The number of halogens is 2. The summed E-state index contributed by atoms with van der Waals surface area (Å²) in [5.41, 5.74) is 0. The van der Waals surface area contributed by atoms with Crippen LogP contribution in [0.15, 0.2) is 4.40 Å². The van der Waals surface area contributed by atoms with Crippen molar-refractivity contribution in [1.82, 2.24) is 0 Å². The third-order valence-corrected chi connectivity index (χ3v) is 0.646. The van der Waals surface area contributed by atoms with Crippen molar-refractivity contribution in [2.75, 3.05) is 0 Å². The van der Waals surface area contributed by atoms with Gasteiger partial charge in [0.05, 0.1) is 0 Å². The molecule has 0 radical (unpaired) electrons. The minimum absolute atomic E-state index is 0. The van der Waals surface area contributed by atoms with Gasteiger partial charge in [-0.15, -0.1) is 0 Å². The van der Waals surface area contributed by atoms with E-state index in [4.69, 9.17) is 14.7 Å². The van der Waals surface area contributed by atoms with Crippen LogP contribution in [0.3, 0.4) is 0 Å². The summed E-state index contributed by atoms with van der Waals surface area (Å²) >= 11 is 0. The Morgan fingerprint density at radius 3 is 1.28 bits per heavy atom. The van der Waals surface area contributed by atoms with Crippen LogP contribution < -0.4 is 5.14 Å². The van der Waals surface area contributed by atoms with Gasteiger partial charge >= 0.3 is 9.24 Å². The molecule has 0 aliphatic heterocycles. The summed E-state index contributed by atoms with van der Waals surface area (Å²) in [4.78, 5) is 17.4. The quantitative estimate of drug-likeness (QED) is 0.306. The number of nitrogens with zero attached hydrogens (tertiary/aromatic N) is 1. The minimum Gasteiger partial charge on any atom is -0.483 e. The lowest BCUT2D eigenvalue weighted by atomic mass is 11.7. The monoisotopic (exact) mass is 350 g/mol. The van der Waals surface area contributed by atoms with Crippen LogP contribution in [0.1, 0.15) is 22.3 Å². The number of carbonyl (C=O) groups is 1. The predicted octanol–water partition coefficient (Wildman–Crippen LogP) is 0.844. The maximum Gasteiger partial charge on any atom is 0.350 e. The summed E-state index contributed by atoms with van der Waals surface area (Å²) < 4.78 is 39.7. The fourth-order valence-electron chi connectivity index (χ4n) is 0.0445. The van der Waals surface area contributed by atoms with Crippen molar-refractivity contribution < 1.29 is 31.5 Å². The highest BCUT2D eigenvalue weighted by molar-refractivity contribution is 8.12. The lowest BCUT2D eigenvalue weighted by molar-refractivity contribution is -0.122. The summed E-state index contributed by atoms with van der Waals surface area (Å²) in [5, 5.41) is 11.0. The van der Waals surface area contributed by atoms with Crippen LogP contribution in [-0.2, 0) is 28.1 Å². The molecule has 3 N–H and O–H groups in total. The average molecular weight is 351 g/mol. The Morgan fingerprint density at radius 2 is 1.28 bits per heavy atom. The summed E-state index contributed by atoms with van der Waals surface area (Å²) in [6, 6.07) is 0. The van der Waals surface area contributed by atoms with Gasteiger partial charge in [0.2, 0.25) is 0 Å². The van der Waals surface area contributed by atoms with E-state index in [2.05, 4.69) is 30.9 Å². The van der Waals surface area contributed by atoms with E-state index >= 15 is 0 Å². The third-order valence-electron chi connectivity index (χ3n) is 0.146. The SMILES string of the molecule is C.C.C.NS(=O)(=O)Cl.O=C=NS(=O)(=O)Cl.O=CO. The Balaban J connectivity index is -0.0000000296. The molecule has 0 aliphatic rings. The van der Waals surface area contributed by atoms with Crippen LogP contribution in [0.25, 0.3) is 0 Å². The second kappa shape index (κ2) is 18.6. The minimum atomic E-state index is -4.00. The summed E-state index contributed by atoms with van der Waals surface area (Å²) in [6.07, 6.45) is 0.763. The lowest BCUT2D eigenvalue weighted by Crippen LogP contribution is -2.00. The molecule has 0 unspecified atom stereocenters. The molecule has 18 heavy (non-hydrogen) atoms. The fourth-order valence-corrected chi connectivity index (χ4v) is 0.218. The number of hydrogen-bond donors (Lipinski definition) is 2. The van der Waals surface area contributed by atoms with Gasteiger partial charge in [0.25, 0.3) is 21.8 Å². The van der Waals surface area contributed by atoms with Crippen molar-refractivity contribution in [3.05, 3.63) is 0 Å². The molecule has 0 amide bonds. The molecule has 0 saturated carbocycles. The Labute approximate surface area is 116 Å². The smallest absolute Gasteiger partial charge is 0.350 e. The van der Waals surface area contributed by atoms with E-state index in [0.717, 1.165) is 6.08 Å². The van der Waals surface area contributed by atoms with Gasteiger partial charge in [-0.3, -0.25) is 4.79 Å². The van der Waals surface area contributed by atoms with E-state index < -0.39 is 18.5 Å². The average Bonchev–Trinajstić information content (AvgIpc) is 1.80. The molecular weight excluding hydrogens is 335 g/mol. The summed E-state index contributed by atoms with van der Waals surface area (Å²) in [5.74, 6) is 0. The first-order valence-electron chi connectivity index (χ1n) is 2.32. The molecule has 0 rings (SSSR count). The molecule has 0 bridgehead atoms. The predicted molar refractivity (Wildman–Crippen MR) is 70.7 cm³/mol. The third kappa shape index (κ3) is 288. The van der Waals surface area contributed by atoms with Crippen molar-refractivity contribution >= 4 is 52.4 Å². The molecule has 0 aromatic carbocycles. The van der Waals surface area contributed by atoms with E-state index in [0.29, 0.717) is 0 Å². The topological polar surface area (TPSA) is 161 Å². The van der Waals surface area contributed by atoms with Gasteiger partial charge in [0.15, 0.2) is 0 Å². The molecule has 0 saturated heterocycles. The van der Waals surface area contributed by atoms with Crippen molar-refractivity contribution in [1.29, 1.82) is 0 Å². The zero-order valence-electron chi connectivity index (χ0n) is 6.57. The molecular formula is C5H16Cl2N2O7S2. The molecule has 0 heterocycles. The Bertz CT molecular complexity index is 405. The molecule has 0 aromatic rings. The summed E-state index contributed by atoms with van der Waals surface area (Å²) in [7, 11) is 0.961. The highest BCUT2D eigenvalue weighted by atomic mass is 35.7. The van der Waals surface area contributed by atoms with Crippen LogP contribution in [0, 0.1) is 0 Å². The van der Waals surface area contributed by atoms with E-state index in [9.17, 15) is 16.8 Å². The zero-order valence-corrected chi connectivity index (χ0v) is 9.72. The number of hydrogen-bond acceptors (Lipinski definition) is 6. The lowest BCUT2D eigenvalue weighted by Gasteiger charge is -1.67. The van der Waals surface area contributed by atoms with Gasteiger partial charge < -0.3 is 5.11 Å². The number of isocyanates is 1. The molecule has 0 spiro atoms. The molecule has 114 valence electrons. The number of carboxylic acid groups (broad SMARTS) is 1. The van der Waals surface area contributed by atoms with Gasteiger partial charge in [-0.05, 0) is 0 Å². The first-order chi connectivity index (χ1) is 6.47. The molecule has 0 fully saturated rings. The van der Waals surface area contributed by atoms with Gasteiger partial charge in [-0.2, -0.15) is 16.8 Å². The zero-order chi connectivity index (χ0) is 13.1. The molecule has 0 atom stereocenters. The number of nitrogens with two attached hydrogens (primary N) is 1. The number of carbonyl (C=O) groups excluding carboxylic acids is 1.